The number of alkyl carbamates (subject to hydrolysis) is 2. The second-order valence-electron chi connectivity index (χ2n) is 16.3. The number of rotatable bonds is 21. The number of ether oxygens (including phenoxy) is 2. The molecule has 0 bridgehead atoms. The fourth-order valence-corrected chi connectivity index (χ4v) is 10.1. The molecule has 58 heavy (non-hydrogen) atoms. The first-order valence-corrected chi connectivity index (χ1v) is 23.2. The van der Waals surface area contributed by atoms with Crippen LogP contribution in [0.15, 0.2) is 60.7 Å². The van der Waals surface area contributed by atoms with Gasteiger partial charge >= 0.3 is 12.2 Å². The van der Waals surface area contributed by atoms with Crippen LogP contribution in [0, 0.1) is 11.8 Å². The van der Waals surface area contributed by atoms with E-state index in [0.717, 1.165) is 62.5 Å². The van der Waals surface area contributed by atoms with Crippen LogP contribution in [-0.4, -0.2) is 92.6 Å². The van der Waals surface area contributed by atoms with Crippen LogP contribution in [0.1, 0.15) is 103 Å². The third kappa shape index (κ3) is 16.3. The van der Waals surface area contributed by atoms with Crippen LogP contribution >= 0.6 is 23.5 Å². The Bertz CT molecular complexity index is 1410. The Morgan fingerprint density at radius 1 is 0.569 bits per heavy atom. The largest absolute Gasteiger partial charge is 0.445 e. The molecule has 2 aliphatic carbocycles. The lowest BCUT2D eigenvalue weighted by atomic mass is 9.98. The number of carbonyl (C=O) groups excluding carboxylic acids is 4. The summed E-state index contributed by atoms with van der Waals surface area (Å²) in [7, 11) is 0. The Hall–Kier alpha value is -3.46. The zero-order valence-corrected chi connectivity index (χ0v) is 36.2. The summed E-state index contributed by atoms with van der Waals surface area (Å²) >= 11 is 3.32. The first kappa shape index (κ1) is 47.2. The van der Waals surface area contributed by atoms with Crippen molar-refractivity contribution in [2.24, 2.45) is 11.8 Å². The molecule has 4 rings (SSSR count). The van der Waals surface area contributed by atoms with E-state index < -0.39 is 60.4 Å². The Morgan fingerprint density at radius 3 is 1.24 bits per heavy atom. The van der Waals surface area contributed by atoms with Crippen molar-refractivity contribution in [3.63, 3.8) is 0 Å². The Morgan fingerprint density at radius 2 is 0.914 bits per heavy atom. The topological polar surface area (TPSA) is 175 Å². The van der Waals surface area contributed by atoms with Crippen molar-refractivity contribution in [3.05, 3.63) is 71.8 Å². The van der Waals surface area contributed by atoms with E-state index >= 15 is 0 Å². The lowest BCUT2D eigenvalue weighted by Crippen LogP contribution is -2.62. The second-order valence-corrected chi connectivity index (χ2v) is 18.9. The summed E-state index contributed by atoms with van der Waals surface area (Å²) in [5.41, 5.74) is 1.61. The summed E-state index contributed by atoms with van der Waals surface area (Å²) in [6, 6.07) is 14.7. The molecule has 0 unspecified atom stereocenters. The average molecular weight is 843 g/mol. The third-order valence-electron chi connectivity index (χ3n) is 10.8. The van der Waals surface area contributed by atoms with Gasteiger partial charge in [-0.15, -0.1) is 0 Å². The maximum atomic E-state index is 14.0. The molecular formula is C44H66N4O8S2. The summed E-state index contributed by atoms with van der Waals surface area (Å²) in [4.78, 5) is 53.7. The lowest BCUT2D eigenvalue weighted by molar-refractivity contribution is -0.128. The van der Waals surface area contributed by atoms with Gasteiger partial charge in [0.1, 0.15) is 37.5 Å². The molecule has 4 amide bonds. The van der Waals surface area contributed by atoms with E-state index in [1.165, 1.54) is 12.8 Å². The minimum atomic E-state index is -1.48. The maximum Gasteiger partial charge on any atom is 0.408 e. The minimum absolute atomic E-state index is 0.0404. The summed E-state index contributed by atoms with van der Waals surface area (Å²) in [6.07, 6.45) is 6.49. The number of carbonyl (C=O) groups is 4. The second kappa shape index (κ2) is 25.2. The van der Waals surface area contributed by atoms with Gasteiger partial charge in [-0.3, -0.25) is 9.59 Å². The number of nitrogens with one attached hydrogen (secondary N) is 4. The molecule has 2 aromatic rings. The van der Waals surface area contributed by atoms with Gasteiger partial charge in [-0.1, -0.05) is 127 Å². The maximum absolute atomic E-state index is 14.0. The predicted octanol–water partition coefficient (Wildman–Crippen LogP) is 6.71. The van der Waals surface area contributed by atoms with Crippen LogP contribution in [0.3, 0.4) is 0 Å². The lowest BCUT2D eigenvalue weighted by Gasteiger charge is -2.36. The molecule has 12 nitrogen and oxygen atoms in total. The molecule has 0 heterocycles. The number of aliphatic hydroxyl groups excluding tert-OH is 2. The van der Waals surface area contributed by atoms with Crippen molar-refractivity contribution in [1.29, 1.82) is 0 Å². The molecule has 14 heteroatoms. The van der Waals surface area contributed by atoms with E-state index in [1.807, 2.05) is 88.4 Å². The first-order valence-electron chi connectivity index (χ1n) is 21.1. The molecule has 0 radical (unpaired) electrons. The predicted molar refractivity (Wildman–Crippen MR) is 231 cm³/mol. The minimum Gasteiger partial charge on any atom is -0.445 e. The van der Waals surface area contributed by atoms with E-state index in [-0.39, 0.29) is 25.0 Å². The molecule has 322 valence electrons. The standard InChI is InChI=1S/C44H66N4O8S2/c1-29(2)37(47-43(53)55-25-31-17-9-5-10-18-31)41(51)45-35(27-57-33-21-13-7-14-22-33)39(49)40(50)36(28-58-34-23-15-8-16-24-34)46-42(52)38(30(3)4)48-44(54)56-26-32-19-11-6-12-20-32/h5-6,9-12,17-20,29-30,33-40,49-50H,7-8,13-16,21-28H2,1-4H3,(H,45,51)(H,46,52)(H,47,53)(H,48,54)/t35-,36-,37-,38-,39+,40+/m0/s1. The molecule has 2 fully saturated rings. The van der Waals surface area contributed by atoms with Gasteiger partial charge in [0.2, 0.25) is 11.8 Å². The van der Waals surface area contributed by atoms with Crippen molar-refractivity contribution in [3.8, 4) is 0 Å². The van der Waals surface area contributed by atoms with Gasteiger partial charge in [0.25, 0.3) is 0 Å². The van der Waals surface area contributed by atoms with E-state index in [2.05, 4.69) is 21.3 Å². The highest BCUT2D eigenvalue weighted by atomic mass is 32.2. The molecule has 0 aromatic heterocycles. The van der Waals surface area contributed by atoms with Gasteiger partial charge in [0, 0.05) is 22.0 Å². The summed E-state index contributed by atoms with van der Waals surface area (Å²) in [6.45, 7) is 7.32. The number of amides is 4. The first-order chi connectivity index (χ1) is 27.9. The van der Waals surface area contributed by atoms with Crippen molar-refractivity contribution in [2.45, 2.75) is 152 Å². The van der Waals surface area contributed by atoms with E-state index in [4.69, 9.17) is 9.47 Å². The molecule has 0 saturated heterocycles. The quantitative estimate of drug-likeness (QED) is 0.0793. The Kier molecular flexibility index (Phi) is 20.5. The molecule has 0 spiro atoms. The van der Waals surface area contributed by atoms with Crippen LogP contribution in [0.5, 0.6) is 0 Å². The fraction of sp³-hybridized carbons (Fsp3) is 0.636. The molecule has 6 atom stereocenters. The van der Waals surface area contributed by atoms with Gasteiger partial charge in [-0.05, 0) is 48.6 Å². The SMILES string of the molecule is CC(C)[C@H](NC(=O)OCc1ccccc1)C(=O)N[C@@H](CSC1CCCCC1)[C@@H](O)[C@H](O)[C@H](CSC1CCCCC1)NC(=O)[C@@H](NC(=O)OCc1ccccc1)C(C)C. The fourth-order valence-electron chi connectivity index (χ4n) is 7.27. The Labute approximate surface area is 353 Å². The highest BCUT2D eigenvalue weighted by molar-refractivity contribution is 8.00. The number of thioether (sulfide) groups is 2. The smallest absolute Gasteiger partial charge is 0.408 e. The van der Waals surface area contributed by atoms with E-state index in [1.54, 1.807) is 23.5 Å². The highest BCUT2D eigenvalue weighted by Gasteiger charge is 2.38. The number of aliphatic hydroxyl groups is 2. The zero-order valence-electron chi connectivity index (χ0n) is 34.6. The summed E-state index contributed by atoms with van der Waals surface area (Å²) in [5.74, 6) is -1.03. The van der Waals surface area contributed by atoms with Gasteiger partial charge in [-0.2, -0.15) is 23.5 Å². The van der Waals surface area contributed by atoms with Crippen LogP contribution in [0.25, 0.3) is 0 Å². The van der Waals surface area contributed by atoms with Crippen molar-refractivity contribution in [2.75, 3.05) is 11.5 Å². The van der Waals surface area contributed by atoms with Crippen LogP contribution in [0.2, 0.25) is 0 Å². The molecule has 6 N–H and O–H groups in total. The van der Waals surface area contributed by atoms with Crippen LogP contribution < -0.4 is 21.3 Å². The normalized spacial score (nSPS) is 18.3. The molecular weight excluding hydrogens is 777 g/mol. The van der Waals surface area contributed by atoms with Crippen molar-refractivity contribution in [1.82, 2.24) is 21.3 Å². The highest BCUT2D eigenvalue weighted by Crippen LogP contribution is 2.31. The number of benzene rings is 2. The molecule has 2 aliphatic rings. The molecule has 2 aromatic carbocycles. The summed E-state index contributed by atoms with van der Waals surface area (Å²) in [5, 5.41) is 36.1. The third-order valence-corrected chi connectivity index (χ3v) is 13.8. The average Bonchev–Trinajstić information content (AvgIpc) is 3.23. The van der Waals surface area contributed by atoms with Gasteiger partial charge < -0.3 is 41.0 Å². The van der Waals surface area contributed by atoms with Crippen LogP contribution in [0.4, 0.5) is 9.59 Å². The van der Waals surface area contributed by atoms with E-state index in [0.29, 0.717) is 22.0 Å². The van der Waals surface area contributed by atoms with Gasteiger partial charge in [0.15, 0.2) is 0 Å². The van der Waals surface area contributed by atoms with Crippen LogP contribution in [-0.2, 0) is 32.3 Å². The van der Waals surface area contributed by atoms with E-state index in [9.17, 15) is 29.4 Å². The molecule has 0 aliphatic heterocycles. The number of hydrogen-bond acceptors (Lipinski definition) is 10. The summed E-state index contributed by atoms with van der Waals surface area (Å²) < 4.78 is 10.8. The van der Waals surface area contributed by atoms with Gasteiger partial charge in [0.05, 0.1) is 12.1 Å². The zero-order chi connectivity index (χ0) is 41.9. The number of hydrogen-bond donors (Lipinski definition) is 6. The van der Waals surface area contributed by atoms with Crippen molar-refractivity contribution >= 4 is 47.5 Å². The monoisotopic (exact) mass is 842 g/mol. The van der Waals surface area contributed by atoms with Gasteiger partial charge in [-0.25, -0.2) is 9.59 Å². The van der Waals surface area contributed by atoms with Crippen molar-refractivity contribution < 1.29 is 38.9 Å². The Balaban J connectivity index is 1.49. The molecule has 2 saturated carbocycles.